The van der Waals surface area contributed by atoms with Crippen molar-refractivity contribution in [1.82, 2.24) is 14.3 Å². The van der Waals surface area contributed by atoms with E-state index in [4.69, 9.17) is 10.9 Å². The fraction of sp³-hybridized carbons (Fsp3) is 0.750. The summed E-state index contributed by atoms with van der Waals surface area (Å²) in [5, 5.41) is 13.0. The highest BCUT2D eigenvalue weighted by Crippen LogP contribution is 2.22. The average Bonchev–Trinajstić information content (AvgIpc) is 2.95. The van der Waals surface area contributed by atoms with Crippen molar-refractivity contribution in [3.05, 3.63) is 5.82 Å². The number of oxime groups is 1. The van der Waals surface area contributed by atoms with Crippen LogP contribution in [0.2, 0.25) is 0 Å². The van der Waals surface area contributed by atoms with Crippen LogP contribution in [0.15, 0.2) is 5.16 Å². The molecule has 7 nitrogen and oxygen atoms in total. The molecule has 2 heterocycles. The number of amidine groups is 1. The first-order valence-electron chi connectivity index (χ1n) is 6.79. The molecule has 0 amide bonds. The fourth-order valence-corrected chi connectivity index (χ4v) is 3.06. The summed E-state index contributed by atoms with van der Waals surface area (Å²) in [6.07, 6.45) is 0.868. The van der Waals surface area contributed by atoms with Crippen LogP contribution >= 0.6 is 11.5 Å². The Bertz CT molecular complexity index is 478. The van der Waals surface area contributed by atoms with Gasteiger partial charge in [-0.2, -0.15) is 4.37 Å². The van der Waals surface area contributed by atoms with Crippen molar-refractivity contribution in [2.75, 3.05) is 31.1 Å². The molecule has 0 unspecified atom stereocenters. The maximum Gasteiger partial charge on any atom is 0.205 e. The Hall–Kier alpha value is -1.41. The normalized spacial score (nSPS) is 18.6. The summed E-state index contributed by atoms with van der Waals surface area (Å²) in [6, 6.07) is 0. The van der Waals surface area contributed by atoms with Crippen LogP contribution in [0.5, 0.6) is 0 Å². The Labute approximate surface area is 123 Å². The van der Waals surface area contributed by atoms with E-state index >= 15 is 0 Å². The van der Waals surface area contributed by atoms with Crippen LogP contribution in [0.1, 0.15) is 26.6 Å². The average molecular weight is 298 g/mol. The molecule has 0 spiro atoms. The zero-order valence-electron chi connectivity index (χ0n) is 12.2. The molecule has 0 bridgehead atoms. The summed E-state index contributed by atoms with van der Waals surface area (Å²) in [5.41, 5.74) is 5.34. The second-order valence-electron chi connectivity index (χ2n) is 5.37. The minimum atomic E-state index is -0.434. The summed E-state index contributed by atoms with van der Waals surface area (Å²) in [6.45, 7) is 9.45. The molecule has 112 valence electrons. The quantitative estimate of drug-likeness (QED) is 0.369. The predicted octanol–water partition coefficient (Wildman–Crippen LogP) is 0.748. The van der Waals surface area contributed by atoms with Gasteiger partial charge >= 0.3 is 0 Å². The Morgan fingerprint density at radius 3 is 2.55 bits per heavy atom. The maximum absolute atomic E-state index is 8.87. The Morgan fingerprint density at radius 2 is 2.05 bits per heavy atom. The van der Waals surface area contributed by atoms with Gasteiger partial charge in [-0.3, -0.25) is 4.90 Å². The lowest BCUT2D eigenvalue weighted by Gasteiger charge is -2.43. The van der Waals surface area contributed by atoms with Crippen molar-refractivity contribution >= 4 is 22.5 Å². The zero-order chi connectivity index (χ0) is 14.8. The topological polar surface area (TPSA) is 90.9 Å². The Morgan fingerprint density at radius 1 is 1.40 bits per heavy atom. The van der Waals surface area contributed by atoms with Gasteiger partial charge in [0.1, 0.15) is 5.82 Å². The van der Waals surface area contributed by atoms with Crippen LogP contribution in [0.3, 0.4) is 0 Å². The Kier molecular flexibility index (Phi) is 4.44. The minimum absolute atomic E-state index is 0.245. The van der Waals surface area contributed by atoms with Gasteiger partial charge in [0.2, 0.25) is 5.13 Å². The predicted molar refractivity (Wildman–Crippen MR) is 80.6 cm³/mol. The number of nitrogens with zero attached hydrogens (tertiary/aromatic N) is 5. The van der Waals surface area contributed by atoms with Crippen LogP contribution in [0, 0.1) is 0 Å². The number of nitrogens with two attached hydrogens (primary N) is 1. The number of rotatable bonds is 4. The molecule has 1 aromatic heterocycles. The minimum Gasteiger partial charge on any atom is -0.409 e. The van der Waals surface area contributed by atoms with Crippen molar-refractivity contribution in [2.24, 2.45) is 10.9 Å². The van der Waals surface area contributed by atoms with Crippen LogP contribution in [-0.4, -0.2) is 57.0 Å². The molecule has 3 N–H and O–H groups in total. The van der Waals surface area contributed by atoms with Gasteiger partial charge in [-0.1, -0.05) is 12.1 Å². The van der Waals surface area contributed by atoms with Gasteiger partial charge < -0.3 is 15.8 Å². The van der Waals surface area contributed by atoms with E-state index < -0.39 is 5.54 Å². The molecule has 0 radical (unpaired) electrons. The lowest BCUT2D eigenvalue weighted by Crippen LogP contribution is -2.59. The van der Waals surface area contributed by atoms with E-state index in [2.05, 4.69) is 31.2 Å². The fourth-order valence-electron chi connectivity index (χ4n) is 2.26. The second kappa shape index (κ2) is 5.92. The van der Waals surface area contributed by atoms with Crippen LogP contribution in [0.25, 0.3) is 0 Å². The number of hydrogen-bond acceptors (Lipinski definition) is 7. The molecular formula is C12H22N6OS. The molecule has 1 aromatic rings. The van der Waals surface area contributed by atoms with E-state index in [1.807, 2.05) is 13.8 Å². The lowest BCUT2D eigenvalue weighted by atomic mass is 10.0. The first-order chi connectivity index (χ1) is 9.48. The molecule has 20 heavy (non-hydrogen) atoms. The number of piperazine rings is 1. The van der Waals surface area contributed by atoms with Gasteiger partial charge in [0, 0.05) is 44.1 Å². The maximum atomic E-state index is 8.87. The molecule has 0 atom stereocenters. The number of hydrogen-bond donors (Lipinski definition) is 2. The summed E-state index contributed by atoms with van der Waals surface area (Å²) in [7, 11) is 0. The Balaban J connectivity index is 1.98. The third kappa shape index (κ3) is 2.85. The van der Waals surface area contributed by atoms with Gasteiger partial charge in [0.05, 0.1) is 5.54 Å². The second-order valence-corrected chi connectivity index (χ2v) is 6.10. The van der Waals surface area contributed by atoms with Crippen molar-refractivity contribution in [1.29, 1.82) is 0 Å². The SMILES string of the molecule is CCc1nsc(N2CCN(C(C)(C)C(N)=NO)CC2)n1. The van der Waals surface area contributed by atoms with Crippen LogP contribution < -0.4 is 10.6 Å². The highest BCUT2D eigenvalue weighted by atomic mass is 32.1. The van der Waals surface area contributed by atoms with Gasteiger partial charge in [-0.25, -0.2) is 4.98 Å². The lowest BCUT2D eigenvalue weighted by molar-refractivity contribution is 0.161. The molecule has 0 aromatic carbocycles. The van der Waals surface area contributed by atoms with E-state index in [-0.39, 0.29) is 5.84 Å². The molecule has 2 rings (SSSR count). The van der Waals surface area contributed by atoms with Gasteiger partial charge in [-0.15, -0.1) is 0 Å². The summed E-state index contributed by atoms with van der Waals surface area (Å²) < 4.78 is 4.32. The van der Waals surface area contributed by atoms with Crippen molar-refractivity contribution < 1.29 is 5.21 Å². The highest BCUT2D eigenvalue weighted by Gasteiger charge is 2.34. The van der Waals surface area contributed by atoms with Gasteiger partial charge in [0.15, 0.2) is 5.84 Å². The zero-order valence-corrected chi connectivity index (χ0v) is 13.0. The summed E-state index contributed by atoms with van der Waals surface area (Å²) in [5.74, 6) is 1.15. The summed E-state index contributed by atoms with van der Waals surface area (Å²) >= 11 is 1.46. The third-order valence-corrected chi connectivity index (χ3v) is 4.66. The molecule has 0 saturated carbocycles. The monoisotopic (exact) mass is 298 g/mol. The molecule has 1 saturated heterocycles. The molecule has 8 heteroatoms. The molecule has 0 aliphatic carbocycles. The van der Waals surface area contributed by atoms with Crippen LogP contribution in [-0.2, 0) is 6.42 Å². The number of aryl methyl sites for hydroxylation is 1. The first-order valence-corrected chi connectivity index (χ1v) is 7.57. The number of aromatic nitrogens is 2. The van der Waals surface area contributed by atoms with Gasteiger partial charge in [0.25, 0.3) is 0 Å². The standard InChI is InChI=1S/C12H22N6OS/c1-4-9-14-11(20-16-9)17-5-7-18(8-6-17)12(2,3)10(13)15-19/h19H,4-8H2,1-3H3,(H2,13,15). The van der Waals surface area contributed by atoms with Crippen molar-refractivity contribution in [3.63, 3.8) is 0 Å². The van der Waals surface area contributed by atoms with E-state index in [1.54, 1.807) is 0 Å². The largest absolute Gasteiger partial charge is 0.409 e. The highest BCUT2D eigenvalue weighted by molar-refractivity contribution is 7.09. The van der Waals surface area contributed by atoms with Crippen LogP contribution in [0.4, 0.5) is 5.13 Å². The number of anilines is 1. The summed E-state index contributed by atoms with van der Waals surface area (Å²) in [4.78, 5) is 8.99. The van der Waals surface area contributed by atoms with E-state index in [0.717, 1.165) is 43.6 Å². The molecular weight excluding hydrogens is 276 g/mol. The molecule has 1 aliphatic heterocycles. The van der Waals surface area contributed by atoms with E-state index in [1.165, 1.54) is 11.5 Å². The molecule has 1 fully saturated rings. The third-order valence-electron chi connectivity index (χ3n) is 3.85. The van der Waals surface area contributed by atoms with E-state index in [9.17, 15) is 0 Å². The van der Waals surface area contributed by atoms with E-state index in [0.29, 0.717) is 0 Å². The molecule has 1 aliphatic rings. The van der Waals surface area contributed by atoms with Crippen molar-refractivity contribution in [2.45, 2.75) is 32.7 Å². The first kappa shape index (κ1) is 15.0. The smallest absolute Gasteiger partial charge is 0.205 e. The van der Waals surface area contributed by atoms with Gasteiger partial charge in [-0.05, 0) is 13.8 Å². The van der Waals surface area contributed by atoms with Crippen molar-refractivity contribution in [3.8, 4) is 0 Å².